The fourth-order valence-corrected chi connectivity index (χ4v) is 3.08. The normalized spacial score (nSPS) is 21.8. The number of nitrogens with two attached hydrogens (primary N) is 1. The molecule has 1 aliphatic rings. The topological polar surface area (TPSA) is 50.5 Å². The van der Waals surface area contributed by atoms with E-state index >= 15 is 0 Å². The van der Waals surface area contributed by atoms with Gasteiger partial charge in [0.2, 0.25) is 0 Å². The SMILES string of the molecule is Cc1cc(C)c(C(NN)C2CN(C(C)C)CCO2)cc1C. The summed E-state index contributed by atoms with van der Waals surface area (Å²) in [6, 6.07) is 5.05. The molecule has 1 aliphatic heterocycles. The van der Waals surface area contributed by atoms with Crippen LogP contribution in [0, 0.1) is 20.8 Å². The van der Waals surface area contributed by atoms with Crippen LogP contribution in [0.1, 0.15) is 42.1 Å². The number of nitrogens with zero attached hydrogens (tertiary/aromatic N) is 1. The van der Waals surface area contributed by atoms with E-state index in [0.29, 0.717) is 6.04 Å². The molecule has 21 heavy (non-hydrogen) atoms. The number of hydrogen-bond donors (Lipinski definition) is 2. The Morgan fingerprint density at radius 3 is 2.48 bits per heavy atom. The summed E-state index contributed by atoms with van der Waals surface area (Å²) in [4.78, 5) is 2.45. The predicted molar refractivity (Wildman–Crippen MR) is 87.2 cm³/mol. The first-order valence-corrected chi connectivity index (χ1v) is 7.83. The molecular weight excluding hydrogens is 262 g/mol. The van der Waals surface area contributed by atoms with Crippen LogP contribution >= 0.6 is 0 Å². The van der Waals surface area contributed by atoms with Crippen molar-refractivity contribution in [2.75, 3.05) is 19.7 Å². The summed E-state index contributed by atoms with van der Waals surface area (Å²) < 4.78 is 6.01. The van der Waals surface area contributed by atoms with E-state index in [4.69, 9.17) is 10.6 Å². The van der Waals surface area contributed by atoms with Gasteiger partial charge in [-0.3, -0.25) is 16.2 Å². The summed E-state index contributed by atoms with van der Waals surface area (Å²) in [6.45, 7) is 13.6. The highest BCUT2D eigenvalue weighted by molar-refractivity contribution is 5.38. The summed E-state index contributed by atoms with van der Waals surface area (Å²) in [5.74, 6) is 5.87. The van der Waals surface area contributed by atoms with Crippen molar-refractivity contribution < 1.29 is 4.74 Å². The fraction of sp³-hybridized carbons (Fsp3) is 0.647. The van der Waals surface area contributed by atoms with Gasteiger partial charge in [0, 0.05) is 19.1 Å². The third kappa shape index (κ3) is 3.64. The lowest BCUT2D eigenvalue weighted by atomic mass is 9.92. The molecule has 0 radical (unpaired) electrons. The molecule has 1 aromatic carbocycles. The van der Waals surface area contributed by atoms with Gasteiger partial charge in [-0.15, -0.1) is 0 Å². The van der Waals surface area contributed by atoms with Gasteiger partial charge >= 0.3 is 0 Å². The van der Waals surface area contributed by atoms with E-state index in [1.54, 1.807) is 0 Å². The molecule has 2 rings (SSSR count). The Morgan fingerprint density at radius 1 is 1.19 bits per heavy atom. The van der Waals surface area contributed by atoms with E-state index in [-0.39, 0.29) is 12.1 Å². The first kappa shape index (κ1) is 16.4. The Labute approximate surface area is 128 Å². The molecule has 0 aliphatic carbocycles. The van der Waals surface area contributed by atoms with Crippen molar-refractivity contribution in [1.82, 2.24) is 10.3 Å². The molecule has 0 aromatic heterocycles. The maximum Gasteiger partial charge on any atom is 0.0910 e. The minimum absolute atomic E-state index is 0.0332. The van der Waals surface area contributed by atoms with Crippen LogP contribution in [0.2, 0.25) is 0 Å². The van der Waals surface area contributed by atoms with Crippen LogP contribution in [0.4, 0.5) is 0 Å². The second-order valence-corrected chi connectivity index (χ2v) is 6.44. The van der Waals surface area contributed by atoms with Gasteiger partial charge in [0.15, 0.2) is 0 Å². The van der Waals surface area contributed by atoms with E-state index in [0.717, 1.165) is 19.7 Å². The first-order chi connectivity index (χ1) is 9.93. The molecule has 3 N–H and O–H groups in total. The number of benzene rings is 1. The molecule has 1 fully saturated rings. The number of ether oxygens (including phenoxy) is 1. The first-order valence-electron chi connectivity index (χ1n) is 7.83. The molecule has 0 bridgehead atoms. The summed E-state index contributed by atoms with van der Waals surface area (Å²) in [5, 5.41) is 0. The zero-order valence-corrected chi connectivity index (χ0v) is 13.9. The molecule has 0 saturated carbocycles. The molecule has 0 amide bonds. The minimum atomic E-state index is 0.0332. The highest BCUT2D eigenvalue weighted by Gasteiger charge is 2.30. The van der Waals surface area contributed by atoms with Crippen LogP contribution < -0.4 is 11.3 Å². The highest BCUT2D eigenvalue weighted by atomic mass is 16.5. The fourth-order valence-electron chi connectivity index (χ4n) is 3.08. The maximum atomic E-state index is 6.01. The number of hydrazine groups is 1. The van der Waals surface area contributed by atoms with Crippen LogP contribution in [0.3, 0.4) is 0 Å². The lowest BCUT2D eigenvalue weighted by molar-refractivity contribution is -0.0562. The molecular formula is C17H29N3O. The number of morpholine rings is 1. The van der Waals surface area contributed by atoms with E-state index < -0.39 is 0 Å². The highest BCUT2D eigenvalue weighted by Crippen LogP contribution is 2.27. The number of nitrogens with one attached hydrogen (secondary N) is 1. The van der Waals surface area contributed by atoms with Gasteiger partial charge in [-0.1, -0.05) is 12.1 Å². The Kier molecular flexibility index (Phi) is 5.38. The van der Waals surface area contributed by atoms with Gasteiger partial charge in [-0.2, -0.15) is 0 Å². The van der Waals surface area contributed by atoms with Gasteiger partial charge in [-0.05, 0) is 56.9 Å². The monoisotopic (exact) mass is 291 g/mol. The number of rotatable bonds is 4. The van der Waals surface area contributed by atoms with E-state index in [1.165, 1.54) is 22.3 Å². The molecule has 1 heterocycles. The second-order valence-electron chi connectivity index (χ2n) is 6.44. The second kappa shape index (κ2) is 6.88. The number of hydrogen-bond acceptors (Lipinski definition) is 4. The molecule has 1 saturated heterocycles. The van der Waals surface area contributed by atoms with Crippen molar-refractivity contribution in [2.45, 2.75) is 52.8 Å². The maximum absolute atomic E-state index is 6.01. The van der Waals surface area contributed by atoms with Gasteiger partial charge < -0.3 is 4.74 Å². The third-order valence-corrected chi connectivity index (χ3v) is 4.62. The molecule has 4 nitrogen and oxygen atoms in total. The van der Waals surface area contributed by atoms with E-state index in [9.17, 15) is 0 Å². The van der Waals surface area contributed by atoms with Crippen molar-refractivity contribution in [3.63, 3.8) is 0 Å². The third-order valence-electron chi connectivity index (χ3n) is 4.62. The Balaban J connectivity index is 2.25. The summed E-state index contributed by atoms with van der Waals surface area (Å²) in [6.07, 6.45) is 0.0898. The van der Waals surface area contributed by atoms with Crippen molar-refractivity contribution in [3.05, 3.63) is 34.4 Å². The molecule has 118 valence electrons. The minimum Gasteiger partial charge on any atom is -0.374 e. The zero-order valence-electron chi connectivity index (χ0n) is 13.9. The largest absolute Gasteiger partial charge is 0.374 e. The molecule has 2 atom stereocenters. The van der Waals surface area contributed by atoms with Gasteiger partial charge in [0.1, 0.15) is 0 Å². The van der Waals surface area contributed by atoms with E-state index in [1.807, 2.05) is 0 Å². The van der Waals surface area contributed by atoms with Crippen molar-refractivity contribution in [2.24, 2.45) is 5.84 Å². The Hall–Kier alpha value is -0.940. The lowest BCUT2D eigenvalue weighted by Gasteiger charge is -2.39. The lowest BCUT2D eigenvalue weighted by Crippen LogP contribution is -2.51. The Morgan fingerprint density at radius 2 is 1.86 bits per heavy atom. The zero-order chi connectivity index (χ0) is 15.6. The smallest absolute Gasteiger partial charge is 0.0910 e. The van der Waals surface area contributed by atoms with Crippen LogP contribution in [-0.4, -0.2) is 36.7 Å². The van der Waals surface area contributed by atoms with Crippen molar-refractivity contribution in [1.29, 1.82) is 0 Å². The van der Waals surface area contributed by atoms with Gasteiger partial charge in [-0.25, -0.2) is 0 Å². The molecule has 1 aromatic rings. The quantitative estimate of drug-likeness (QED) is 0.660. The van der Waals surface area contributed by atoms with Gasteiger partial charge in [0.05, 0.1) is 18.8 Å². The predicted octanol–water partition coefficient (Wildman–Crippen LogP) is 2.23. The van der Waals surface area contributed by atoms with Crippen molar-refractivity contribution >= 4 is 0 Å². The summed E-state index contributed by atoms with van der Waals surface area (Å²) >= 11 is 0. The molecule has 2 unspecified atom stereocenters. The summed E-state index contributed by atoms with van der Waals surface area (Å²) in [7, 11) is 0. The Bertz CT molecular complexity index is 487. The number of aryl methyl sites for hydroxylation is 3. The molecule has 4 heteroatoms. The van der Waals surface area contributed by atoms with Gasteiger partial charge in [0.25, 0.3) is 0 Å². The molecule has 0 spiro atoms. The van der Waals surface area contributed by atoms with E-state index in [2.05, 4.69) is 57.1 Å². The standard InChI is InChI=1S/C17H29N3O/c1-11(2)20-6-7-21-16(10-20)17(19-18)15-9-13(4)12(3)8-14(15)5/h8-9,11,16-17,19H,6-7,10,18H2,1-5H3. The van der Waals surface area contributed by atoms with Crippen LogP contribution in [0.5, 0.6) is 0 Å². The van der Waals surface area contributed by atoms with Crippen LogP contribution in [0.25, 0.3) is 0 Å². The van der Waals surface area contributed by atoms with Crippen LogP contribution in [-0.2, 0) is 4.74 Å². The average molecular weight is 291 g/mol. The van der Waals surface area contributed by atoms with Crippen molar-refractivity contribution in [3.8, 4) is 0 Å². The average Bonchev–Trinajstić information content (AvgIpc) is 2.45. The summed E-state index contributed by atoms with van der Waals surface area (Å²) in [5.41, 5.74) is 8.12. The van der Waals surface area contributed by atoms with Crippen LogP contribution in [0.15, 0.2) is 12.1 Å².